The third-order valence-corrected chi connectivity index (χ3v) is 5.57. The van der Waals surface area contributed by atoms with Gasteiger partial charge in [-0.1, -0.05) is 36.4 Å². The van der Waals surface area contributed by atoms with Gasteiger partial charge in [-0.25, -0.2) is 0 Å². The Kier molecular flexibility index (Phi) is 6.91. The number of nitrogens with zero attached hydrogens (tertiary/aromatic N) is 4. The van der Waals surface area contributed by atoms with Gasteiger partial charge in [-0.05, 0) is 59.3 Å². The first-order valence-electron chi connectivity index (χ1n) is 9.91. The number of nitro groups is 1. The molecule has 9 heteroatoms. The van der Waals surface area contributed by atoms with Crippen LogP contribution in [0.15, 0.2) is 98.6 Å². The van der Waals surface area contributed by atoms with Crippen molar-refractivity contribution in [2.24, 2.45) is 10.2 Å². The third-order valence-electron chi connectivity index (χ3n) is 4.57. The number of allylic oxidation sites excluding steroid dienone is 1. The predicted molar refractivity (Wildman–Crippen MR) is 129 cm³/mol. The van der Waals surface area contributed by atoms with Crippen molar-refractivity contribution in [3.63, 3.8) is 0 Å². The molecular formula is C24H18N4O4S. The minimum Gasteiger partial charge on any atom is -0.467 e. The van der Waals surface area contributed by atoms with Gasteiger partial charge in [-0.2, -0.15) is 5.10 Å². The molecule has 1 aliphatic rings. The highest BCUT2D eigenvalue weighted by molar-refractivity contribution is 8.18. The summed E-state index contributed by atoms with van der Waals surface area (Å²) < 4.78 is 5.38. The molecule has 3 aromatic rings. The molecule has 2 aromatic carbocycles. The average molecular weight is 458 g/mol. The minimum atomic E-state index is -0.466. The number of carbonyl (C=O) groups is 1. The van der Waals surface area contributed by atoms with Gasteiger partial charge in [0.1, 0.15) is 5.76 Å². The number of amidine groups is 1. The Balaban J connectivity index is 1.55. The number of thioether (sulfide) groups is 1. The van der Waals surface area contributed by atoms with Gasteiger partial charge in [0.2, 0.25) is 0 Å². The highest BCUT2D eigenvalue weighted by Gasteiger charge is 2.34. The van der Waals surface area contributed by atoms with Crippen LogP contribution in [0.2, 0.25) is 0 Å². The lowest BCUT2D eigenvalue weighted by molar-refractivity contribution is -0.384. The van der Waals surface area contributed by atoms with Gasteiger partial charge < -0.3 is 4.42 Å². The number of furan rings is 1. The van der Waals surface area contributed by atoms with Crippen LogP contribution in [-0.4, -0.2) is 27.1 Å². The molecule has 33 heavy (non-hydrogen) atoms. The Labute approximate surface area is 193 Å². The summed E-state index contributed by atoms with van der Waals surface area (Å²) in [6, 6.07) is 19.3. The highest BCUT2D eigenvalue weighted by Crippen LogP contribution is 2.34. The van der Waals surface area contributed by atoms with E-state index in [0.29, 0.717) is 21.4 Å². The molecule has 0 atom stereocenters. The predicted octanol–water partition coefficient (Wildman–Crippen LogP) is 5.36. The van der Waals surface area contributed by atoms with Gasteiger partial charge in [0, 0.05) is 18.3 Å². The number of hydrogen-bond donors (Lipinski definition) is 0. The minimum absolute atomic E-state index is 0.0119. The number of hydrogen-bond acceptors (Lipinski definition) is 7. The van der Waals surface area contributed by atoms with Gasteiger partial charge in [-0.15, -0.1) is 5.10 Å². The third kappa shape index (κ3) is 5.72. The van der Waals surface area contributed by atoms with Crippen molar-refractivity contribution in [3.05, 3.63) is 111 Å². The second-order valence-corrected chi connectivity index (χ2v) is 7.86. The average Bonchev–Trinajstić information content (AvgIpc) is 3.44. The van der Waals surface area contributed by atoms with E-state index in [1.54, 1.807) is 48.9 Å². The Hall–Kier alpha value is -4.24. The fourth-order valence-corrected chi connectivity index (χ4v) is 3.90. The van der Waals surface area contributed by atoms with Crippen molar-refractivity contribution in [1.82, 2.24) is 4.90 Å². The van der Waals surface area contributed by atoms with E-state index in [-0.39, 0.29) is 18.1 Å². The molecule has 0 spiro atoms. The van der Waals surface area contributed by atoms with E-state index < -0.39 is 4.92 Å². The van der Waals surface area contributed by atoms with Crippen molar-refractivity contribution >= 4 is 46.9 Å². The summed E-state index contributed by atoms with van der Waals surface area (Å²) in [5, 5.41) is 19.6. The number of nitro benzene ring substituents is 1. The quantitative estimate of drug-likeness (QED) is 0.205. The molecule has 0 aliphatic carbocycles. The zero-order valence-corrected chi connectivity index (χ0v) is 18.1. The maximum Gasteiger partial charge on any atom is 0.269 e. The van der Waals surface area contributed by atoms with E-state index in [9.17, 15) is 14.9 Å². The van der Waals surface area contributed by atoms with Crippen molar-refractivity contribution in [1.29, 1.82) is 0 Å². The zero-order valence-electron chi connectivity index (χ0n) is 17.3. The van der Waals surface area contributed by atoms with E-state index in [0.717, 1.165) is 5.56 Å². The molecule has 8 nitrogen and oxygen atoms in total. The SMILES string of the molecule is O=C1/C(=C/c2ccc([N+](=O)[O-])cc2)S/C(=N/N=C\C=C\c2ccccc2)N1Cc1ccco1. The van der Waals surface area contributed by atoms with Crippen molar-refractivity contribution in [2.45, 2.75) is 6.54 Å². The second kappa shape index (κ2) is 10.4. The lowest BCUT2D eigenvalue weighted by atomic mass is 10.2. The molecule has 1 aromatic heterocycles. The molecule has 4 rings (SSSR count). The summed E-state index contributed by atoms with van der Waals surface area (Å²) in [6.45, 7) is 0.213. The molecule has 0 radical (unpaired) electrons. The van der Waals surface area contributed by atoms with Crippen LogP contribution in [0.5, 0.6) is 0 Å². The number of benzene rings is 2. The molecule has 2 heterocycles. The molecule has 0 unspecified atom stereocenters. The molecule has 0 N–H and O–H groups in total. The lowest BCUT2D eigenvalue weighted by Crippen LogP contribution is -2.28. The van der Waals surface area contributed by atoms with Crippen LogP contribution in [0.4, 0.5) is 5.69 Å². The van der Waals surface area contributed by atoms with Crippen LogP contribution in [0.3, 0.4) is 0 Å². The normalized spacial score (nSPS) is 16.6. The fourth-order valence-electron chi connectivity index (χ4n) is 2.96. The second-order valence-electron chi connectivity index (χ2n) is 6.85. The Morgan fingerprint density at radius 1 is 1.03 bits per heavy atom. The number of amides is 1. The largest absolute Gasteiger partial charge is 0.467 e. The molecule has 1 aliphatic heterocycles. The molecule has 1 amide bonds. The van der Waals surface area contributed by atoms with Crippen LogP contribution in [0.1, 0.15) is 16.9 Å². The van der Waals surface area contributed by atoms with Crippen molar-refractivity contribution in [2.75, 3.05) is 0 Å². The van der Waals surface area contributed by atoms with Crippen LogP contribution in [0, 0.1) is 10.1 Å². The first kappa shape index (κ1) is 22.0. The van der Waals surface area contributed by atoms with Gasteiger partial charge in [-0.3, -0.25) is 19.8 Å². The van der Waals surface area contributed by atoms with E-state index in [2.05, 4.69) is 10.2 Å². The van der Waals surface area contributed by atoms with E-state index in [1.165, 1.54) is 28.8 Å². The summed E-state index contributed by atoms with van der Waals surface area (Å²) in [4.78, 5) is 25.3. The monoisotopic (exact) mass is 458 g/mol. The molecule has 0 saturated carbocycles. The standard InChI is InChI=1S/C24H18N4O4S/c29-23-22(16-19-10-12-20(13-11-19)28(30)31)33-24(27(23)17-21-9-5-15-32-21)26-25-14-4-8-18-6-2-1-3-7-18/h1-16H,17H2/b8-4+,22-16-,25-14-,26-24+. The Morgan fingerprint density at radius 2 is 1.82 bits per heavy atom. The maximum absolute atomic E-state index is 13.0. The van der Waals surface area contributed by atoms with Crippen LogP contribution < -0.4 is 0 Å². The maximum atomic E-state index is 13.0. The molecule has 164 valence electrons. The molecule has 0 bridgehead atoms. The molecular weight excluding hydrogens is 440 g/mol. The number of rotatable bonds is 7. The summed E-state index contributed by atoms with van der Waals surface area (Å²) in [5.41, 5.74) is 1.70. The number of carbonyl (C=O) groups excluding carboxylic acids is 1. The smallest absolute Gasteiger partial charge is 0.269 e. The summed E-state index contributed by atoms with van der Waals surface area (Å²) in [5.74, 6) is 0.365. The van der Waals surface area contributed by atoms with Gasteiger partial charge in [0.05, 0.1) is 22.6 Å². The summed E-state index contributed by atoms with van der Waals surface area (Å²) >= 11 is 1.18. The van der Waals surface area contributed by atoms with Crippen LogP contribution in [0.25, 0.3) is 12.2 Å². The Morgan fingerprint density at radius 3 is 2.52 bits per heavy atom. The first-order chi connectivity index (χ1) is 16.1. The van der Waals surface area contributed by atoms with Crippen LogP contribution >= 0.6 is 11.8 Å². The van der Waals surface area contributed by atoms with Crippen molar-refractivity contribution in [3.8, 4) is 0 Å². The van der Waals surface area contributed by atoms with Gasteiger partial charge in [0.25, 0.3) is 11.6 Å². The van der Waals surface area contributed by atoms with E-state index in [1.807, 2.05) is 36.4 Å². The van der Waals surface area contributed by atoms with Crippen LogP contribution in [-0.2, 0) is 11.3 Å². The highest BCUT2D eigenvalue weighted by atomic mass is 32.2. The fraction of sp³-hybridized carbons (Fsp3) is 0.0417. The summed E-state index contributed by atoms with van der Waals surface area (Å²) in [6.07, 6.45) is 8.43. The zero-order chi connectivity index (χ0) is 23.0. The topological polar surface area (TPSA) is 101 Å². The number of non-ortho nitro benzene ring substituents is 1. The van der Waals surface area contributed by atoms with Gasteiger partial charge in [0.15, 0.2) is 5.17 Å². The van der Waals surface area contributed by atoms with Crippen molar-refractivity contribution < 1.29 is 14.1 Å². The first-order valence-corrected chi connectivity index (χ1v) is 10.7. The molecule has 1 saturated heterocycles. The van der Waals surface area contributed by atoms with E-state index in [4.69, 9.17) is 4.42 Å². The lowest BCUT2D eigenvalue weighted by Gasteiger charge is -2.12. The molecule has 1 fully saturated rings. The van der Waals surface area contributed by atoms with E-state index >= 15 is 0 Å². The Bertz CT molecular complexity index is 1250. The summed E-state index contributed by atoms with van der Waals surface area (Å²) in [7, 11) is 0. The van der Waals surface area contributed by atoms with Gasteiger partial charge >= 0.3 is 0 Å².